The first-order valence-electron chi connectivity index (χ1n) is 10.5. The largest absolute Gasteiger partial charge is 0.492 e. The summed E-state index contributed by atoms with van der Waals surface area (Å²) < 4.78 is 21.8. The highest BCUT2D eigenvalue weighted by molar-refractivity contribution is 5.98. The van der Waals surface area contributed by atoms with Crippen molar-refractivity contribution in [3.05, 3.63) is 90.0 Å². The fourth-order valence-corrected chi connectivity index (χ4v) is 3.29. The lowest BCUT2D eigenvalue weighted by Gasteiger charge is -2.18. The molecule has 33 heavy (non-hydrogen) atoms. The van der Waals surface area contributed by atoms with Gasteiger partial charge in [-0.2, -0.15) is 0 Å². The number of ether oxygens (including phenoxy) is 4. The Morgan fingerprint density at radius 1 is 1.00 bits per heavy atom. The second-order valence-electron chi connectivity index (χ2n) is 7.09. The van der Waals surface area contributed by atoms with Crippen LogP contribution in [-0.2, 0) is 14.3 Å². The molecule has 1 aliphatic rings. The number of hydrogen-bond donors (Lipinski definition) is 1. The average molecular weight is 445 g/mol. The maximum Gasteiger partial charge on any atom is 0.331 e. The number of carbonyl (C=O) groups excluding carboxylic acids is 2. The molecule has 0 bridgehead atoms. The van der Waals surface area contributed by atoms with E-state index in [9.17, 15) is 9.59 Å². The summed E-state index contributed by atoms with van der Waals surface area (Å²) in [5.41, 5.74) is 1.79. The molecule has 1 heterocycles. The fourth-order valence-electron chi connectivity index (χ4n) is 3.29. The summed E-state index contributed by atoms with van der Waals surface area (Å²) in [7, 11) is 0. The Labute approximate surface area is 191 Å². The lowest BCUT2D eigenvalue weighted by molar-refractivity contribution is -0.149. The van der Waals surface area contributed by atoms with Crippen LogP contribution in [0, 0.1) is 0 Å². The molecule has 3 aromatic rings. The highest BCUT2D eigenvalue weighted by atomic mass is 16.7. The van der Waals surface area contributed by atoms with Crippen molar-refractivity contribution in [1.82, 2.24) is 0 Å². The van der Waals surface area contributed by atoms with Crippen LogP contribution in [0.4, 0.5) is 5.69 Å². The molecule has 168 valence electrons. The molecule has 0 aromatic heterocycles. The van der Waals surface area contributed by atoms with E-state index in [0.29, 0.717) is 35.1 Å². The smallest absolute Gasteiger partial charge is 0.331 e. The molecule has 1 N–H and O–H groups in total. The molecular weight excluding hydrogens is 422 g/mol. The minimum absolute atomic E-state index is 0.171. The summed E-state index contributed by atoms with van der Waals surface area (Å²) in [6, 6.07) is 21.3. The lowest BCUT2D eigenvalue weighted by atomic mass is 10.1. The van der Waals surface area contributed by atoms with Gasteiger partial charge in [-0.3, -0.25) is 4.79 Å². The van der Waals surface area contributed by atoms with E-state index >= 15 is 0 Å². The van der Waals surface area contributed by atoms with Crippen LogP contribution in [0.2, 0.25) is 0 Å². The molecule has 0 aliphatic carbocycles. The van der Waals surface area contributed by atoms with Crippen LogP contribution in [0.25, 0.3) is 6.08 Å². The highest BCUT2D eigenvalue weighted by Crippen LogP contribution is 2.33. The van der Waals surface area contributed by atoms with Gasteiger partial charge in [-0.25, -0.2) is 4.79 Å². The molecule has 1 unspecified atom stereocenters. The molecule has 0 spiro atoms. The van der Waals surface area contributed by atoms with E-state index in [2.05, 4.69) is 5.32 Å². The van der Waals surface area contributed by atoms with E-state index in [0.717, 1.165) is 5.56 Å². The Bertz CT molecular complexity index is 1160. The van der Waals surface area contributed by atoms with E-state index in [1.165, 1.54) is 6.08 Å². The van der Waals surface area contributed by atoms with Crippen LogP contribution in [-0.4, -0.2) is 25.3 Å². The first kappa shape index (κ1) is 22.0. The zero-order chi connectivity index (χ0) is 23.0. The second kappa shape index (κ2) is 10.4. The summed E-state index contributed by atoms with van der Waals surface area (Å²) in [5.74, 6) is 0.657. The first-order valence-corrected chi connectivity index (χ1v) is 10.5. The topological polar surface area (TPSA) is 83.1 Å². The van der Waals surface area contributed by atoms with Gasteiger partial charge < -0.3 is 24.3 Å². The molecule has 7 nitrogen and oxygen atoms in total. The van der Waals surface area contributed by atoms with Crippen molar-refractivity contribution < 1.29 is 28.5 Å². The summed E-state index contributed by atoms with van der Waals surface area (Å²) in [6.07, 6.45) is 1.72. The molecule has 1 atom stereocenters. The summed E-state index contributed by atoms with van der Waals surface area (Å²) in [4.78, 5) is 25.7. The van der Waals surface area contributed by atoms with Crippen LogP contribution < -0.4 is 19.5 Å². The average Bonchev–Trinajstić information content (AvgIpc) is 3.31. The van der Waals surface area contributed by atoms with Gasteiger partial charge in [-0.15, -0.1) is 0 Å². The third-order valence-electron chi connectivity index (χ3n) is 4.83. The van der Waals surface area contributed by atoms with Gasteiger partial charge in [0, 0.05) is 11.6 Å². The Kier molecular flexibility index (Phi) is 6.90. The lowest BCUT2D eigenvalue weighted by Crippen LogP contribution is -2.25. The summed E-state index contributed by atoms with van der Waals surface area (Å²) >= 11 is 0. The molecule has 0 saturated heterocycles. The third kappa shape index (κ3) is 5.51. The standard InChI is InChI=1S/C26H23NO6/c1-2-30-21-11-7-6-10-20(21)27-26(29)25(19-8-4-3-5-9-19)33-24(28)15-13-18-12-14-22-23(16-18)32-17-31-22/h3-16,25H,2,17H2,1H3,(H,27,29). The molecule has 0 saturated carbocycles. The number of anilines is 1. The van der Waals surface area contributed by atoms with Crippen LogP contribution in [0.5, 0.6) is 17.2 Å². The quantitative estimate of drug-likeness (QED) is 0.398. The van der Waals surface area contributed by atoms with Crippen LogP contribution >= 0.6 is 0 Å². The zero-order valence-electron chi connectivity index (χ0n) is 18.0. The number of fused-ring (bicyclic) bond motifs is 1. The number of esters is 1. The van der Waals surface area contributed by atoms with Gasteiger partial charge in [-0.1, -0.05) is 48.5 Å². The maximum atomic E-state index is 13.1. The summed E-state index contributed by atoms with van der Waals surface area (Å²) in [5, 5.41) is 2.81. The van der Waals surface area contributed by atoms with Gasteiger partial charge in [0.25, 0.3) is 5.91 Å². The fraction of sp³-hybridized carbons (Fsp3) is 0.154. The number of benzene rings is 3. The minimum Gasteiger partial charge on any atom is -0.492 e. The molecule has 1 amide bonds. The molecular formula is C26H23NO6. The molecule has 0 radical (unpaired) electrons. The van der Waals surface area contributed by atoms with Gasteiger partial charge in [0.2, 0.25) is 12.9 Å². The number of rotatable bonds is 8. The molecule has 0 fully saturated rings. The maximum absolute atomic E-state index is 13.1. The Hall–Kier alpha value is -4.26. The molecule has 7 heteroatoms. The van der Waals surface area contributed by atoms with E-state index in [-0.39, 0.29) is 6.79 Å². The number of carbonyl (C=O) groups is 2. The first-order chi connectivity index (χ1) is 16.1. The van der Waals surface area contributed by atoms with Crippen molar-refractivity contribution in [2.45, 2.75) is 13.0 Å². The Morgan fingerprint density at radius 2 is 1.76 bits per heavy atom. The predicted octanol–water partition coefficient (Wildman–Crippen LogP) is 4.75. The van der Waals surface area contributed by atoms with Crippen molar-refractivity contribution in [2.24, 2.45) is 0 Å². The molecule has 3 aromatic carbocycles. The van der Waals surface area contributed by atoms with Crippen LogP contribution in [0.15, 0.2) is 78.9 Å². The molecule has 4 rings (SSSR count). The van der Waals surface area contributed by atoms with Gasteiger partial charge in [-0.05, 0) is 42.8 Å². The SMILES string of the molecule is CCOc1ccccc1NC(=O)C(OC(=O)C=Cc1ccc2c(c1)OCO2)c1ccccc1. The van der Waals surface area contributed by atoms with Crippen molar-refractivity contribution >= 4 is 23.6 Å². The third-order valence-corrected chi connectivity index (χ3v) is 4.83. The van der Waals surface area contributed by atoms with Gasteiger partial charge in [0.15, 0.2) is 11.5 Å². The number of para-hydroxylation sites is 2. The van der Waals surface area contributed by atoms with Crippen LogP contribution in [0.1, 0.15) is 24.2 Å². The van der Waals surface area contributed by atoms with Crippen LogP contribution in [0.3, 0.4) is 0 Å². The van der Waals surface area contributed by atoms with Gasteiger partial charge in [0.1, 0.15) is 5.75 Å². The van der Waals surface area contributed by atoms with Gasteiger partial charge >= 0.3 is 5.97 Å². The van der Waals surface area contributed by atoms with Crippen molar-refractivity contribution in [1.29, 1.82) is 0 Å². The van der Waals surface area contributed by atoms with E-state index in [1.807, 2.05) is 19.1 Å². The highest BCUT2D eigenvalue weighted by Gasteiger charge is 2.25. The van der Waals surface area contributed by atoms with E-state index < -0.39 is 18.0 Å². The Balaban J connectivity index is 1.50. The Morgan fingerprint density at radius 3 is 2.58 bits per heavy atom. The van der Waals surface area contributed by atoms with Crippen molar-refractivity contribution in [3.8, 4) is 17.2 Å². The number of amides is 1. The van der Waals surface area contributed by atoms with Crippen molar-refractivity contribution in [3.63, 3.8) is 0 Å². The van der Waals surface area contributed by atoms with Crippen molar-refractivity contribution in [2.75, 3.05) is 18.7 Å². The molecule has 1 aliphatic heterocycles. The van der Waals surface area contributed by atoms with E-state index in [1.54, 1.807) is 66.7 Å². The minimum atomic E-state index is -1.14. The summed E-state index contributed by atoms with van der Waals surface area (Å²) in [6.45, 7) is 2.49. The van der Waals surface area contributed by atoms with Gasteiger partial charge in [0.05, 0.1) is 12.3 Å². The van der Waals surface area contributed by atoms with E-state index in [4.69, 9.17) is 18.9 Å². The normalized spacial score (nSPS) is 12.9. The zero-order valence-corrected chi connectivity index (χ0v) is 18.0. The number of hydrogen-bond acceptors (Lipinski definition) is 6. The number of nitrogens with one attached hydrogen (secondary N) is 1. The predicted molar refractivity (Wildman–Crippen MR) is 123 cm³/mol. The second-order valence-corrected chi connectivity index (χ2v) is 7.09. The monoisotopic (exact) mass is 445 g/mol.